The number of carbonyl (C=O) groups is 1. The van der Waals surface area contributed by atoms with E-state index >= 15 is 0 Å². The minimum Gasteiger partial charge on any atom is -0.334 e. The van der Waals surface area contributed by atoms with Crippen LogP contribution in [0, 0.1) is 12.3 Å². The van der Waals surface area contributed by atoms with Gasteiger partial charge in [0.1, 0.15) is 0 Å². The number of likely N-dealkylation sites (tertiary alicyclic amines) is 1. The average Bonchev–Trinajstić information content (AvgIpc) is 3.11. The van der Waals surface area contributed by atoms with E-state index in [1.54, 1.807) is 17.1 Å². The zero-order valence-corrected chi connectivity index (χ0v) is 15.0. The van der Waals surface area contributed by atoms with Crippen LogP contribution in [0.4, 0.5) is 4.79 Å². The molecule has 0 saturated carbocycles. The number of urea groups is 1. The molecule has 0 spiro atoms. The minimum atomic E-state index is -0.0365. The normalized spacial score (nSPS) is 16.4. The highest BCUT2D eigenvalue weighted by Gasteiger charge is 2.31. The van der Waals surface area contributed by atoms with E-state index < -0.39 is 0 Å². The maximum absolute atomic E-state index is 12.4. The quantitative estimate of drug-likeness (QED) is 0.927. The van der Waals surface area contributed by atoms with Crippen LogP contribution in [0.2, 0.25) is 5.02 Å². The van der Waals surface area contributed by atoms with Gasteiger partial charge in [-0.15, -0.1) is 0 Å². The smallest absolute Gasteiger partial charge is 0.317 e. The van der Waals surface area contributed by atoms with E-state index in [0.717, 1.165) is 30.8 Å². The summed E-state index contributed by atoms with van der Waals surface area (Å²) in [6.45, 7) is 8.27. The Balaban J connectivity index is 1.73. The van der Waals surface area contributed by atoms with E-state index in [1.165, 1.54) is 0 Å². The number of hydrogen-bond donors (Lipinski definition) is 1. The van der Waals surface area contributed by atoms with Crippen LogP contribution in [0.5, 0.6) is 0 Å². The van der Waals surface area contributed by atoms with Crippen molar-refractivity contribution < 1.29 is 4.79 Å². The number of nitrogens with one attached hydrogen (secondary N) is 1. The summed E-state index contributed by atoms with van der Waals surface area (Å²) in [5.41, 5.74) is 1.97. The Morgan fingerprint density at radius 1 is 1.42 bits per heavy atom. The molecule has 0 aromatic carbocycles. The summed E-state index contributed by atoms with van der Waals surface area (Å²) >= 11 is 5.96. The number of halogens is 1. The summed E-state index contributed by atoms with van der Waals surface area (Å²) in [4.78, 5) is 18.8. The number of aryl methyl sites for hydroxylation is 1. The van der Waals surface area contributed by atoms with Crippen LogP contribution >= 0.6 is 11.6 Å². The molecule has 0 bridgehead atoms. The van der Waals surface area contributed by atoms with Gasteiger partial charge < -0.3 is 10.2 Å². The van der Waals surface area contributed by atoms with Crippen molar-refractivity contribution >= 4 is 17.6 Å². The van der Waals surface area contributed by atoms with Crippen molar-refractivity contribution in [2.75, 3.05) is 13.1 Å². The monoisotopic (exact) mass is 347 g/mol. The van der Waals surface area contributed by atoms with Crippen molar-refractivity contribution in [2.24, 2.45) is 5.41 Å². The molecule has 24 heavy (non-hydrogen) atoms. The van der Waals surface area contributed by atoms with Crippen LogP contribution in [0.1, 0.15) is 31.5 Å². The van der Waals surface area contributed by atoms with Crippen LogP contribution < -0.4 is 5.32 Å². The minimum absolute atomic E-state index is 0.0365. The van der Waals surface area contributed by atoms with Crippen LogP contribution in [0.15, 0.2) is 24.5 Å². The molecule has 6 nitrogen and oxygen atoms in total. The van der Waals surface area contributed by atoms with Gasteiger partial charge in [0.05, 0.1) is 17.4 Å². The lowest BCUT2D eigenvalue weighted by molar-refractivity contribution is 0.203. The maximum Gasteiger partial charge on any atom is 0.317 e. The van der Waals surface area contributed by atoms with E-state index in [2.05, 4.69) is 29.2 Å². The van der Waals surface area contributed by atoms with E-state index in [1.807, 2.05) is 24.0 Å². The van der Waals surface area contributed by atoms with Gasteiger partial charge in [0.2, 0.25) is 0 Å². The lowest BCUT2D eigenvalue weighted by Crippen LogP contribution is -2.39. The Morgan fingerprint density at radius 2 is 2.21 bits per heavy atom. The third-order valence-electron chi connectivity index (χ3n) is 4.26. The molecule has 3 heterocycles. The number of hydrogen-bond acceptors (Lipinski definition) is 3. The fourth-order valence-corrected chi connectivity index (χ4v) is 3.03. The Hall–Kier alpha value is -2.08. The predicted octanol–water partition coefficient (Wildman–Crippen LogP) is 3.17. The molecule has 1 aliphatic heterocycles. The van der Waals surface area contributed by atoms with E-state index in [4.69, 9.17) is 11.6 Å². The van der Waals surface area contributed by atoms with Gasteiger partial charge in [0.15, 0.2) is 5.82 Å². The maximum atomic E-state index is 12.4. The highest BCUT2D eigenvalue weighted by molar-refractivity contribution is 6.30. The molecule has 7 heteroatoms. The van der Waals surface area contributed by atoms with Gasteiger partial charge in [-0.1, -0.05) is 31.5 Å². The summed E-state index contributed by atoms with van der Waals surface area (Å²) in [5.74, 6) is 0.684. The molecule has 2 aromatic rings. The lowest BCUT2D eigenvalue weighted by Gasteiger charge is -2.20. The molecule has 128 valence electrons. The summed E-state index contributed by atoms with van der Waals surface area (Å²) in [6.07, 6.45) is 4.31. The van der Waals surface area contributed by atoms with Crippen molar-refractivity contribution in [3.05, 3.63) is 40.8 Å². The third-order valence-corrected chi connectivity index (χ3v) is 4.45. The summed E-state index contributed by atoms with van der Waals surface area (Å²) < 4.78 is 1.63. The van der Waals surface area contributed by atoms with Gasteiger partial charge in [-0.25, -0.2) is 14.5 Å². The van der Waals surface area contributed by atoms with Gasteiger partial charge in [0, 0.05) is 30.9 Å². The zero-order chi connectivity index (χ0) is 17.3. The lowest BCUT2D eigenvalue weighted by atomic mass is 9.93. The van der Waals surface area contributed by atoms with E-state index in [9.17, 15) is 4.79 Å². The summed E-state index contributed by atoms with van der Waals surface area (Å²) in [5, 5.41) is 7.75. The molecule has 1 fully saturated rings. The van der Waals surface area contributed by atoms with E-state index in [0.29, 0.717) is 17.4 Å². The second kappa shape index (κ2) is 6.43. The molecular weight excluding hydrogens is 326 g/mol. The fourth-order valence-electron chi connectivity index (χ4n) is 2.89. The standard InChI is InChI=1S/C17H22ClN5O/c1-12-4-5-13(15(21-12)23-10-14(18)9-20-23)8-19-16(24)22-7-6-17(2,3)11-22/h4-5,9-10H,6-8,11H2,1-3H3,(H,19,24). The van der Waals surface area contributed by atoms with Crippen molar-refractivity contribution in [1.82, 2.24) is 25.0 Å². The number of rotatable bonds is 3. The summed E-state index contributed by atoms with van der Waals surface area (Å²) in [7, 11) is 0. The average molecular weight is 348 g/mol. The molecule has 1 aliphatic rings. The van der Waals surface area contributed by atoms with Crippen LogP contribution in [0.25, 0.3) is 5.82 Å². The Bertz CT molecular complexity index is 755. The Morgan fingerprint density at radius 3 is 2.83 bits per heavy atom. The highest BCUT2D eigenvalue weighted by Crippen LogP contribution is 2.28. The topological polar surface area (TPSA) is 63.1 Å². The van der Waals surface area contributed by atoms with Crippen molar-refractivity contribution in [3.8, 4) is 5.82 Å². The number of aromatic nitrogens is 3. The molecule has 0 aliphatic carbocycles. The van der Waals surface area contributed by atoms with Crippen LogP contribution in [0.3, 0.4) is 0 Å². The number of carbonyl (C=O) groups excluding carboxylic acids is 1. The number of nitrogens with zero attached hydrogens (tertiary/aromatic N) is 4. The van der Waals surface area contributed by atoms with Crippen molar-refractivity contribution in [3.63, 3.8) is 0 Å². The molecule has 2 amide bonds. The predicted molar refractivity (Wildman–Crippen MR) is 93.3 cm³/mol. The summed E-state index contributed by atoms with van der Waals surface area (Å²) in [6, 6.07) is 3.85. The third kappa shape index (κ3) is 3.70. The molecule has 0 atom stereocenters. The van der Waals surface area contributed by atoms with Gasteiger partial charge in [-0.2, -0.15) is 5.10 Å². The second-order valence-corrected chi connectivity index (χ2v) is 7.47. The largest absolute Gasteiger partial charge is 0.334 e. The SMILES string of the molecule is Cc1ccc(CNC(=O)N2CCC(C)(C)C2)c(-n2cc(Cl)cn2)n1. The molecule has 1 N–H and O–H groups in total. The molecule has 2 aromatic heterocycles. The molecular formula is C17H22ClN5O. The van der Waals surface area contributed by atoms with Gasteiger partial charge >= 0.3 is 6.03 Å². The van der Waals surface area contributed by atoms with Crippen LogP contribution in [-0.4, -0.2) is 38.8 Å². The molecule has 1 saturated heterocycles. The Kier molecular flexibility index (Phi) is 4.49. The first-order valence-corrected chi connectivity index (χ1v) is 8.42. The molecule has 3 rings (SSSR count). The first-order chi connectivity index (χ1) is 11.3. The number of pyridine rings is 1. The molecule has 0 unspecified atom stereocenters. The van der Waals surface area contributed by atoms with Crippen molar-refractivity contribution in [1.29, 1.82) is 0 Å². The fraction of sp³-hybridized carbons (Fsp3) is 0.471. The van der Waals surface area contributed by atoms with Crippen LogP contribution in [-0.2, 0) is 6.54 Å². The highest BCUT2D eigenvalue weighted by atomic mass is 35.5. The van der Waals surface area contributed by atoms with Gasteiger partial charge in [-0.3, -0.25) is 0 Å². The number of amides is 2. The molecule has 0 radical (unpaired) electrons. The van der Waals surface area contributed by atoms with Crippen molar-refractivity contribution in [2.45, 2.75) is 33.7 Å². The zero-order valence-electron chi connectivity index (χ0n) is 14.2. The van der Waals surface area contributed by atoms with Gasteiger partial charge in [-0.05, 0) is 24.8 Å². The first kappa shape index (κ1) is 16.8. The van der Waals surface area contributed by atoms with E-state index in [-0.39, 0.29) is 11.4 Å². The van der Waals surface area contributed by atoms with Gasteiger partial charge in [0.25, 0.3) is 0 Å². The Labute approximate surface area is 146 Å². The first-order valence-electron chi connectivity index (χ1n) is 8.04. The second-order valence-electron chi connectivity index (χ2n) is 7.03.